The highest BCUT2D eigenvalue weighted by molar-refractivity contribution is 8.00. The maximum absolute atomic E-state index is 12.4. The van der Waals surface area contributed by atoms with Crippen LogP contribution in [0.2, 0.25) is 0 Å². The zero-order valence-corrected chi connectivity index (χ0v) is 14.5. The third-order valence-corrected chi connectivity index (χ3v) is 5.06. The van der Waals surface area contributed by atoms with Gasteiger partial charge in [-0.25, -0.2) is 0 Å². The van der Waals surface area contributed by atoms with E-state index in [0.717, 1.165) is 5.56 Å². The average Bonchev–Trinajstić information content (AvgIpc) is 2.85. The summed E-state index contributed by atoms with van der Waals surface area (Å²) in [6, 6.07) is 8.94. The van der Waals surface area contributed by atoms with Crippen LogP contribution in [0.15, 0.2) is 30.3 Å². The van der Waals surface area contributed by atoms with Crippen LogP contribution >= 0.6 is 11.8 Å². The first-order valence-corrected chi connectivity index (χ1v) is 8.99. The number of hydrogen-bond donors (Lipinski definition) is 1. The molecular formula is C17H22N2O4S. The highest BCUT2D eigenvalue weighted by Gasteiger charge is 2.38. The second-order valence-electron chi connectivity index (χ2n) is 5.50. The number of thioether (sulfide) groups is 1. The molecule has 2 rings (SSSR count). The van der Waals surface area contributed by atoms with Gasteiger partial charge >= 0.3 is 5.97 Å². The Bertz CT molecular complexity index is 594. The number of hydrogen-bond acceptors (Lipinski definition) is 6. The van der Waals surface area contributed by atoms with E-state index in [1.807, 2.05) is 30.3 Å². The van der Waals surface area contributed by atoms with E-state index >= 15 is 0 Å². The summed E-state index contributed by atoms with van der Waals surface area (Å²) in [4.78, 5) is 37.2. The number of carbonyl (C=O) groups excluding carboxylic acids is 3. The summed E-state index contributed by atoms with van der Waals surface area (Å²) in [6.45, 7) is 2.36. The van der Waals surface area contributed by atoms with Gasteiger partial charge in [-0.1, -0.05) is 30.3 Å². The molecule has 6 nitrogen and oxygen atoms in total. The first-order valence-electron chi connectivity index (χ1n) is 7.95. The van der Waals surface area contributed by atoms with Crippen LogP contribution in [0.5, 0.6) is 0 Å². The Hall–Kier alpha value is -1.86. The molecule has 1 aliphatic heterocycles. The molecule has 0 saturated carbocycles. The smallest absolute Gasteiger partial charge is 0.323 e. The van der Waals surface area contributed by atoms with Crippen molar-refractivity contribution in [3.63, 3.8) is 0 Å². The van der Waals surface area contributed by atoms with E-state index in [9.17, 15) is 14.4 Å². The van der Waals surface area contributed by atoms with Crippen LogP contribution in [0.25, 0.3) is 0 Å². The Labute approximate surface area is 145 Å². The molecule has 0 radical (unpaired) electrons. The summed E-state index contributed by atoms with van der Waals surface area (Å²) < 4.78 is 4.84. The lowest BCUT2D eigenvalue weighted by Crippen LogP contribution is -2.36. The monoisotopic (exact) mass is 350 g/mol. The van der Waals surface area contributed by atoms with E-state index in [0.29, 0.717) is 13.0 Å². The fourth-order valence-corrected chi connectivity index (χ4v) is 3.55. The fourth-order valence-electron chi connectivity index (χ4n) is 2.44. The van der Waals surface area contributed by atoms with E-state index in [4.69, 9.17) is 10.5 Å². The largest absolute Gasteiger partial charge is 0.465 e. The molecule has 1 aromatic rings. The average molecular weight is 350 g/mol. The number of esters is 1. The summed E-state index contributed by atoms with van der Waals surface area (Å²) in [6.07, 6.45) is 0.798. The third-order valence-electron chi connectivity index (χ3n) is 3.74. The Morgan fingerprint density at radius 2 is 2.08 bits per heavy atom. The molecule has 2 N–H and O–H groups in total. The second kappa shape index (κ2) is 8.84. The topological polar surface area (TPSA) is 89.7 Å². The van der Waals surface area contributed by atoms with Crippen molar-refractivity contribution in [2.75, 3.05) is 18.9 Å². The predicted molar refractivity (Wildman–Crippen MR) is 92.3 cm³/mol. The van der Waals surface area contributed by atoms with Crippen LogP contribution < -0.4 is 5.73 Å². The molecule has 1 aromatic carbocycles. The Morgan fingerprint density at radius 3 is 2.75 bits per heavy atom. The molecule has 1 fully saturated rings. The zero-order valence-electron chi connectivity index (χ0n) is 13.6. The van der Waals surface area contributed by atoms with E-state index in [1.54, 1.807) is 6.92 Å². The molecule has 1 heterocycles. The van der Waals surface area contributed by atoms with Crippen LogP contribution in [0.3, 0.4) is 0 Å². The minimum Gasteiger partial charge on any atom is -0.465 e. The lowest BCUT2D eigenvalue weighted by molar-refractivity contribution is -0.144. The first kappa shape index (κ1) is 18.5. The SMILES string of the molecule is CCOC(=O)[C@@H](N)CS[C@@H]1CC(=O)N(CCc2ccccc2)C1=O. The number of nitrogens with two attached hydrogens (primary N) is 1. The molecule has 1 saturated heterocycles. The molecule has 24 heavy (non-hydrogen) atoms. The van der Waals surface area contributed by atoms with E-state index in [2.05, 4.69) is 0 Å². The van der Waals surface area contributed by atoms with Crippen molar-refractivity contribution >= 4 is 29.5 Å². The first-order chi connectivity index (χ1) is 11.5. The van der Waals surface area contributed by atoms with E-state index in [-0.39, 0.29) is 30.6 Å². The van der Waals surface area contributed by atoms with Crippen molar-refractivity contribution < 1.29 is 19.1 Å². The standard InChI is InChI=1S/C17H22N2O4S/c1-2-23-17(22)13(18)11-24-14-10-15(20)19(16(14)21)9-8-12-6-4-3-5-7-12/h3-7,13-14H,2,8-11,18H2,1H3/t13-,14+/m0/s1. The van der Waals surface area contributed by atoms with Crippen molar-refractivity contribution in [2.45, 2.75) is 31.1 Å². The molecule has 0 spiro atoms. The predicted octanol–water partition coefficient (Wildman–Crippen LogP) is 0.980. The van der Waals surface area contributed by atoms with Gasteiger partial charge in [0.05, 0.1) is 11.9 Å². The maximum Gasteiger partial charge on any atom is 0.323 e. The highest BCUT2D eigenvalue weighted by Crippen LogP contribution is 2.25. The summed E-state index contributed by atoms with van der Waals surface area (Å²) in [7, 11) is 0. The van der Waals surface area contributed by atoms with Crippen LogP contribution in [0, 0.1) is 0 Å². The molecular weight excluding hydrogens is 328 g/mol. The lowest BCUT2D eigenvalue weighted by atomic mass is 10.1. The van der Waals surface area contributed by atoms with Gasteiger partial charge in [-0.3, -0.25) is 19.3 Å². The van der Waals surface area contributed by atoms with Crippen molar-refractivity contribution in [1.82, 2.24) is 4.90 Å². The number of amides is 2. The number of nitrogens with zero attached hydrogens (tertiary/aromatic N) is 1. The summed E-state index contributed by atoms with van der Waals surface area (Å²) >= 11 is 1.25. The van der Waals surface area contributed by atoms with Gasteiger partial charge in [-0.2, -0.15) is 0 Å². The highest BCUT2D eigenvalue weighted by atomic mass is 32.2. The van der Waals surface area contributed by atoms with Gasteiger partial charge in [0.1, 0.15) is 6.04 Å². The van der Waals surface area contributed by atoms with Gasteiger partial charge in [-0.15, -0.1) is 11.8 Å². The summed E-state index contributed by atoms with van der Waals surface area (Å²) in [5.74, 6) is -0.590. The molecule has 0 unspecified atom stereocenters. The summed E-state index contributed by atoms with van der Waals surface area (Å²) in [5.41, 5.74) is 6.81. The molecule has 7 heteroatoms. The van der Waals surface area contributed by atoms with Gasteiger partial charge in [0.15, 0.2) is 0 Å². The van der Waals surface area contributed by atoms with E-state index < -0.39 is 17.3 Å². The number of imide groups is 1. The lowest BCUT2D eigenvalue weighted by Gasteiger charge is -2.15. The molecule has 0 bridgehead atoms. The quantitative estimate of drug-likeness (QED) is 0.555. The molecule has 2 amide bonds. The van der Waals surface area contributed by atoms with Crippen molar-refractivity contribution in [1.29, 1.82) is 0 Å². The minimum atomic E-state index is -0.781. The van der Waals surface area contributed by atoms with Crippen LogP contribution in [-0.4, -0.2) is 52.9 Å². The molecule has 1 aliphatic rings. The number of benzene rings is 1. The molecule has 0 aliphatic carbocycles. The molecule has 0 aromatic heterocycles. The number of likely N-dealkylation sites (tertiary alicyclic amines) is 1. The molecule has 130 valence electrons. The molecule has 2 atom stereocenters. The second-order valence-corrected chi connectivity index (χ2v) is 6.74. The van der Waals surface area contributed by atoms with Crippen molar-refractivity contribution in [3.8, 4) is 0 Å². The van der Waals surface area contributed by atoms with Crippen LogP contribution in [0.4, 0.5) is 0 Å². The normalized spacial score (nSPS) is 18.8. The number of rotatable bonds is 8. The van der Waals surface area contributed by atoms with Crippen LogP contribution in [-0.2, 0) is 25.5 Å². The Kier molecular flexibility index (Phi) is 6.81. The van der Waals surface area contributed by atoms with Crippen LogP contribution in [0.1, 0.15) is 18.9 Å². The van der Waals surface area contributed by atoms with Gasteiger partial charge < -0.3 is 10.5 Å². The fraction of sp³-hybridized carbons (Fsp3) is 0.471. The number of ether oxygens (including phenoxy) is 1. The van der Waals surface area contributed by atoms with Crippen molar-refractivity contribution in [2.24, 2.45) is 5.73 Å². The van der Waals surface area contributed by atoms with Crippen molar-refractivity contribution in [3.05, 3.63) is 35.9 Å². The maximum atomic E-state index is 12.4. The number of carbonyl (C=O) groups is 3. The Morgan fingerprint density at radius 1 is 1.38 bits per heavy atom. The third kappa shape index (κ3) is 4.82. The zero-order chi connectivity index (χ0) is 17.5. The van der Waals surface area contributed by atoms with Gasteiger partial charge in [-0.05, 0) is 18.9 Å². The van der Waals surface area contributed by atoms with Gasteiger partial charge in [0.2, 0.25) is 11.8 Å². The minimum absolute atomic E-state index is 0.161. The van der Waals surface area contributed by atoms with Gasteiger partial charge in [0.25, 0.3) is 0 Å². The Balaban J connectivity index is 1.83. The van der Waals surface area contributed by atoms with E-state index in [1.165, 1.54) is 16.7 Å². The van der Waals surface area contributed by atoms with Gasteiger partial charge in [0, 0.05) is 18.7 Å². The summed E-state index contributed by atoms with van der Waals surface area (Å²) in [5, 5.41) is -0.464.